The third-order valence-electron chi connectivity index (χ3n) is 3.15. The predicted molar refractivity (Wildman–Crippen MR) is 75.4 cm³/mol. The molecule has 110 valence electrons. The SMILES string of the molecule is CN(Cc1nccn1C)c1ccc(C(=O)O)c([N+](=O)[O-])c1. The number of aromatic nitrogens is 2. The second kappa shape index (κ2) is 5.61. The molecule has 1 N–H and O–H groups in total. The van der Waals surface area contributed by atoms with Crippen LogP contribution in [0.4, 0.5) is 11.4 Å². The fourth-order valence-electron chi connectivity index (χ4n) is 1.94. The molecule has 0 aliphatic heterocycles. The van der Waals surface area contributed by atoms with E-state index in [0.29, 0.717) is 12.2 Å². The van der Waals surface area contributed by atoms with E-state index in [2.05, 4.69) is 4.98 Å². The van der Waals surface area contributed by atoms with Crippen molar-refractivity contribution in [2.75, 3.05) is 11.9 Å². The fraction of sp³-hybridized carbons (Fsp3) is 0.231. The van der Waals surface area contributed by atoms with Crippen molar-refractivity contribution in [1.29, 1.82) is 0 Å². The number of carboxylic acid groups (broad SMARTS) is 1. The number of hydrogen-bond acceptors (Lipinski definition) is 5. The summed E-state index contributed by atoms with van der Waals surface area (Å²) in [5.41, 5.74) is -0.199. The van der Waals surface area contributed by atoms with Gasteiger partial charge in [0, 0.05) is 38.2 Å². The van der Waals surface area contributed by atoms with E-state index in [1.165, 1.54) is 12.1 Å². The van der Waals surface area contributed by atoms with E-state index in [1.807, 2.05) is 11.6 Å². The van der Waals surface area contributed by atoms with Crippen LogP contribution in [0, 0.1) is 10.1 Å². The van der Waals surface area contributed by atoms with Crippen LogP contribution in [0.25, 0.3) is 0 Å². The largest absolute Gasteiger partial charge is 0.477 e. The predicted octanol–water partition coefficient (Wildman–Crippen LogP) is 1.66. The molecule has 21 heavy (non-hydrogen) atoms. The highest BCUT2D eigenvalue weighted by molar-refractivity contribution is 5.93. The van der Waals surface area contributed by atoms with Gasteiger partial charge in [0.2, 0.25) is 0 Å². The van der Waals surface area contributed by atoms with Gasteiger partial charge < -0.3 is 14.6 Å². The monoisotopic (exact) mass is 290 g/mol. The molecule has 0 amide bonds. The summed E-state index contributed by atoms with van der Waals surface area (Å²) in [7, 11) is 3.61. The number of nitrogens with zero attached hydrogens (tertiary/aromatic N) is 4. The lowest BCUT2D eigenvalue weighted by Crippen LogP contribution is -2.19. The van der Waals surface area contributed by atoms with Gasteiger partial charge in [-0.05, 0) is 12.1 Å². The number of nitro benzene ring substituents is 1. The zero-order chi connectivity index (χ0) is 15.6. The molecule has 0 saturated carbocycles. The molecule has 0 fully saturated rings. The Balaban J connectivity index is 2.32. The Morgan fingerprint density at radius 3 is 2.76 bits per heavy atom. The van der Waals surface area contributed by atoms with Crippen LogP contribution in [0.5, 0.6) is 0 Å². The van der Waals surface area contributed by atoms with Gasteiger partial charge in [-0.1, -0.05) is 0 Å². The standard InChI is InChI=1S/C13H14N4O4/c1-15-6-5-14-12(15)8-16(2)9-3-4-10(13(18)19)11(7-9)17(20)21/h3-7H,8H2,1-2H3,(H,18,19). The normalized spacial score (nSPS) is 10.4. The molecule has 1 aromatic heterocycles. The van der Waals surface area contributed by atoms with Gasteiger partial charge in [-0.2, -0.15) is 0 Å². The van der Waals surface area contributed by atoms with Gasteiger partial charge in [0.05, 0.1) is 11.5 Å². The summed E-state index contributed by atoms with van der Waals surface area (Å²) in [6.07, 6.45) is 3.47. The van der Waals surface area contributed by atoms with Crippen LogP contribution in [0.3, 0.4) is 0 Å². The number of imidazole rings is 1. The Morgan fingerprint density at radius 2 is 2.24 bits per heavy atom. The van der Waals surface area contributed by atoms with Crippen LogP contribution in [0.15, 0.2) is 30.6 Å². The molecule has 1 aromatic carbocycles. The molecule has 2 rings (SSSR count). The second-order valence-corrected chi connectivity index (χ2v) is 4.57. The van der Waals surface area contributed by atoms with Crippen molar-refractivity contribution in [3.05, 3.63) is 52.1 Å². The van der Waals surface area contributed by atoms with Gasteiger partial charge in [-0.15, -0.1) is 0 Å². The van der Waals surface area contributed by atoms with Crippen LogP contribution in [0.2, 0.25) is 0 Å². The Bertz CT molecular complexity index is 695. The summed E-state index contributed by atoms with van der Waals surface area (Å²) in [6.45, 7) is 0.451. The van der Waals surface area contributed by atoms with Crippen LogP contribution >= 0.6 is 0 Å². The lowest BCUT2D eigenvalue weighted by Gasteiger charge is -2.19. The van der Waals surface area contributed by atoms with Crippen LogP contribution in [0.1, 0.15) is 16.2 Å². The maximum absolute atomic E-state index is 11.0. The summed E-state index contributed by atoms with van der Waals surface area (Å²) >= 11 is 0. The third-order valence-corrected chi connectivity index (χ3v) is 3.15. The molecule has 0 unspecified atom stereocenters. The molecule has 0 bridgehead atoms. The van der Waals surface area contributed by atoms with Gasteiger partial charge in [-0.25, -0.2) is 9.78 Å². The quantitative estimate of drug-likeness (QED) is 0.663. The maximum Gasteiger partial charge on any atom is 0.342 e. The topological polar surface area (TPSA) is 102 Å². The molecule has 1 heterocycles. The van der Waals surface area contributed by atoms with E-state index in [4.69, 9.17) is 5.11 Å². The van der Waals surface area contributed by atoms with Crippen molar-refractivity contribution in [2.45, 2.75) is 6.54 Å². The third kappa shape index (κ3) is 2.99. The lowest BCUT2D eigenvalue weighted by molar-refractivity contribution is -0.385. The molecule has 0 aliphatic rings. The van der Waals surface area contributed by atoms with Crippen molar-refractivity contribution < 1.29 is 14.8 Å². The van der Waals surface area contributed by atoms with Gasteiger partial charge in [-0.3, -0.25) is 10.1 Å². The number of anilines is 1. The number of benzene rings is 1. The minimum absolute atomic E-state index is 0.325. The van der Waals surface area contributed by atoms with Crippen molar-refractivity contribution in [3.63, 3.8) is 0 Å². The average molecular weight is 290 g/mol. The Labute approximate surface area is 120 Å². The highest BCUT2D eigenvalue weighted by Gasteiger charge is 2.21. The Morgan fingerprint density at radius 1 is 1.52 bits per heavy atom. The molecule has 0 saturated heterocycles. The molecule has 0 radical (unpaired) electrons. The molecule has 8 nitrogen and oxygen atoms in total. The summed E-state index contributed by atoms with van der Waals surface area (Å²) in [6, 6.07) is 4.04. The van der Waals surface area contributed by atoms with Crippen molar-refractivity contribution in [3.8, 4) is 0 Å². The van der Waals surface area contributed by atoms with E-state index in [-0.39, 0.29) is 5.56 Å². The fourth-order valence-corrected chi connectivity index (χ4v) is 1.94. The summed E-state index contributed by atoms with van der Waals surface area (Å²) in [4.78, 5) is 27.2. The highest BCUT2D eigenvalue weighted by Crippen LogP contribution is 2.25. The zero-order valence-corrected chi connectivity index (χ0v) is 11.6. The van der Waals surface area contributed by atoms with E-state index >= 15 is 0 Å². The number of nitro groups is 1. The molecular formula is C13H14N4O4. The smallest absolute Gasteiger partial charge is 0.342 e. The second-order valence-electron chi connectivity index (χ2n) is 4.57. The van der Waals surface area contributed by atoms with E-state index in [0.717, 1.165) is 5.82 Å². The van der Waals surface area contributed by atoms with Gasteiger partial charge >= 0.3 is 5.97 Å². The number of aromatic carboxylic acids is 1. The van der Waals surface area contributed by atoms with E-state index in [9.17, 15) is 14.9 Å². The van der Waals surface area contributed by atoms with Crippen molar-refractivity contribution in [1.82, 2.24) is 9.55 Å². The lowest BCUT2D eigenvalue weighted by atomic mass is 10.1. The minimum atomic E-state index is -1.32. The highest BCUT2D eigenvalue weighted by atomic mass is 16.6. The first-order valence-electron chi connectivity index (χ1n) is 6.09. The van der Waals surface area contributed by atoms with Gasteiger partial charge in [0.15, 0.2) is 0 Å². The first-order valence-corrected chi connectivity index (χ1v) is 6.09. The van der Waals surface area contributed by atoms with Gasteiger partial charge in [0.1, 0.15) is 11.4 Å². The zero-order valence-electron chi connectivity index (χ0n) is 11.6. The summed E-state index contributed by atoms with van der Waals surface area (Å²) < 4.78 is 1.84. The minimum Gasteiger partial charge on any atom is -0.477 e. The Kier molecular flexibility index (Phi) is 3.88. The molecular weight excluding hydrogens is 276 g/mol. The van der Waals surface area contributed by atoms with Crippen LogP contribution in [-0.4, -0.2) is 32.6 Å². The number of rotatable bonds is 5. The summed E-state index contributed by atoms with van der Waals surface area (Å²) in [5, 5.41) is 19.9. The van der Waals surface area contributed by atoms with E-state index < -0.39 is 16.6 Å². The molecule has 0 atom stereocenters. The average Bonchev–Trinajstić information content (AvgIpc) is 2.83. The Hall–Kier alpha value is -2.90. The molecule has 8 heteroatoms. The number of carboxylic acids is 1. The number of hydrogen-bond donors (Lipinski definition) is 1. The summed E-state index contributed by atoms with van der Waals surface area (Å²) in [5.74, 6) is -0.525. The van der Waals surface area contributed by atoms with E-state index in [1.54, 1.807) is 30.4 Å². The molecule has 0 aliphatic carbocycles. The van der Waals surface area contributed by atoms with Crippen LogP contribution < -0.4 is 4.90 Å². The first-order chi connectivity index (χ1) is 9.90. The van der Waals surface area contributed by atoms with Crippen molar-refractivity contribution >= 4 is 17.3 Å². The van der Waals surface area contributed by atoms with Gasteiger partial charge in [0.25, 0.3) is 5.69 Å². The van der Waals surface area contributed by atoms with Crippen LogP contribution in [-0.2, 0) is 13.6 Å². The maximum atomic E-state index is 11.0. The number of aryl methyl sites for hydroxylation is 1. The number of carbonyl (C=O) groups is 1. The first kappa shape index (κ1) is 14.5. The molecule has 0 spiro atoms. The molecule has 2 aromatic rings. The van der Waals surface area contributed by atoms with Crippen molar-refractivity contribution in [2.24, 2.45) is 7.05 Å².